The maximum atomic E-state index is 13.3. The number of hydrogen-bond acceptors (Lipinski definition) is 24. The Balaban J connectivity index is 0.000000215. The number of anilines is 4. The molecule has 0 radical (unpaired) electrons. The Bertz CT molecular complexity index is 5710. The maximum absolute atomic E-state index is 13.3. The first kappa shape index (κ1) is 115. The van der Waals surface area contributed by atoms with Crippen LogP contribution in [-0.2, 0) is 49.8 Å². The van der Waals surface area contributed by atoms with Crippen LogP contribution in [-0.4, -0.2) is 88.0 Å². The van der Waals surface area contributed by atoms with Crippen LogP contribution in [0, 0.1) is 39.3 Å². The van der Waals surface area contributed by atoms with E-state index >= 15 is 0 Å². The molecule has 3 N–H and O–H groups in total. The number of nitrogens with one attached hydrogen (secondary N) is 3. The molecule has 0 saturated heterocycles. The van der Waals surface area contributed by atoms with Crippen molar-refractivity contribution in [1.82, 2.24) is 16.0 Å². The molecule has 35 heteroatoms. The Morgan fingerprint density at radius 2 is 0.441 bits per heavy atom. The molecule has 0 bridgehead atoms. The molecule has 0 atom stereocenters. The molecule has 0 aliphatic heterocycles. The van der Waals surface area contributed by atoms with Crippen LogP contribution in [0.1, 0.15) is 140 Å². The number of ether oxygens (including phenoxy) is 12. The fourth-order valence-electron chi connectivity index (χ4n) is 12.1. The summed E-state index contributed by atoms with van der Waals surface area (Å²) >= 11 is 56.5. The molecule has 0 aliphatic carbocycles. The number of halogens is 4. The smallest absolute Gasteiger partial charge is 0.407 e. The number of thiocarbonyl (C=S) groups is 8. The van der Waals surface area contributed by atoms with Crippen molar-refractivity contribution < 1.29 is 84.8 Å². The minimum Gasteiger partial charge on any atom is -0.460 e. The monoisotopic (exact) mass is 2150 g/mol. The van der Waals surface area contributed by atoms with Gasteiger partial charge in [-0.05, 0) is 438 Å². The fraction of sp³-hybridized carbons (Fsp3) is 0.236. The lowest BCUT2D eigenvalue weighted by molar-refractivity contribution is -0.154. The van der Waals surface area contributed by atoms with Crippen LogP contribution in [0.3, 0.4) is 0 Å². The number of amides is 3. The van der Waals surface area contributed by atoms with Crippen molar-refractivity contribution in [1.29, 1.82) is 0 Å². The third-order valence-electron chi connectivity index (χ3n) is 19.0. The summed E-state index contributed by atoms with van der Waals surface area (Å²) in [5, 5.41) is 9.80. The number of carbonyl (C=O) groups excluding carboxylic acids is 4. The van der Waals surface area contributed by atoms with Gasteiger partial charge in [-0.25, -0.2) is 42.8 Å². The van der Waals surface area contributed by atoms with Crippen molar-refractivity contribution in [3.63, 3.8) is 0 Å². The number of alkyl carbamates (subject to hydrolysis) is 3. The van der Waals surface area contributed by atoms with Gasteiger partial charge in [0.25, 0.3) is 41.4 Å². The Kier molecular flexibility index (Phi) is 43.8. The van der Waals surface area contributed by atoms with Crippen molar-refractivity contribution in [2.45, 2.75) is 172 Å². The van der Waals surface area contributed by atoms with Crippen molar-refractivity contribution >= 4 is 209 Å². The highest BCUT2D eigenvalue weighted by Gasteiger charge is 2.29. The van der Waals surface area contributed by atoms with Crippen molar-refractivity contribution in [3.8, 4) is 46.0 Å². The highest BCUT2D eigenvalue weighted by Crippen LogP contribution is 2.31. The van der Waals surface area contributed by atoms with Crippen LogP contribution >= 0.6 is 121 Å². The van der Waals surface area contributed by atoms with Gasteiger partial charge < -0.3 is 72.8 Å². The van der Waals surface area contributed by atoms with Crippen molar-refractivity contribution in [3.05, 3.63) is 357 Å². The lowest BCUT2D eigenvalue weighted by Crippen LogP contribution is -2.40. The van der Waals surface area contributed by atoms with Gasteiger partial charge in [-0.2, -0.15) is 0 Å². The summed E-state index contributed by atoms with van der Waals surface area (Å²) < 4.78 is 94.7. The third-order valence-corrected chi connectivity index (χ3v) is 21.6. The number of hydrogen-bond donors (Lipinski definition) is 3. The van der Waals surface area contributed by atoms with Crippen LogP contribution in [0.25, 0.3) is 0 Å². The molecule has 0 heterocycles. The van der Waals surface area contributed by atoms with Crippen LogP contribution in [0.5, 0.6) is 46.0 Å². The standard InChI is InChI=1S/C30H33NO4S2.C28H30N2O4S2.C26H24Cl2N2O4S2.C26H24F2N2O4S2/c1-21-9-17-25(18-10-21)33-28(36)31(29(37)34-26-19-11-22(2)12-20-26)24-15-13-23(14-16-24)7-6-8-27(32)35-30(3,4)5;1-19-6-14-23(15-7-19)32-26(35)30(27(36)33-24-16-8-20(2)9-17-24)22-12-10-21(11-13-22)18-29-25(31)34-28(3,4)5;2*1-26(2,3)34-23(31)29-16-17-4-10-20(11-5-17)30(24(35)32-21-12-6-18(27)7-13-21)25(36)33-22-14-8-19(28)9-15-22/h9-20H,6-8H2,1-5H3;6-17H,18H2,1-5H3,(H,29,31);2*4-15H,16H2,1-3H3,(H,29,31). The molecule has 0 unspecified atom stereocenters. The molecular weight excluding hydrogens is 2040 g/mol. The first-order valence-electron chi connectivity index (χ1n) is 45.2. The van der Waals surface area contributed by atoms with Gasteiger partial charge in [0.05, 0.1) is 22.7 Å². The zero-order valence-electron chi connectivity index (χ0n) is 82.6. The zero-order chi connectivity index (χ0) is 106. The molecule has 12 rings (SSSR count). The Hall–Kier alpha value is -13.3. The molecule has 23 nitrogen and oxygen atoms in total. The summed E-state index contributed by atoms with van der Waals surface area (Å²) in [6, 6.07) is 84.0. The average Bonchev–Trinajstić information content (AvgIpc) is 0.831. The molecule has 145 heavy (non-hydrogen) atoms. The lowest BCUT2D eigenvalue weighted by Gasteiger charge is -2.25. The second-order valence-electron chi connectivity index (χ2n) is 36.0. The SMILES string of the molecule is CC(C)(C)OC(=O)NCc1ccc(N(C(=S)Oc2ccc(Cl)cc2)C(=S)Oc2ccc(Cl)cc2)cc1.CC(C)(C)OC(=O)NCc1ccc(N(C(=S)Oc2ccc(F)cc2)C(=S)Oc2ccc(F)cc2)cc1.Cc1ccc(OC(=S)N(C(=S)Oc2ccc(C)cc2)c2ccc(CCCC(=O)OC(C)(C)C)cc2)cc1.Cc1ccc(OC(=S)N(C(=S)Oc2ccc(C)cc2)c2ccc(CNC(=O)OC(C)(C)C)cc2)cc1. The summed E-state index contributed by atoms with van der Waals surface area (Å²) in [6.45, 7) is 30.7. The highest BCUT2D eigenvalue weighted by atomic mass is 35.5. The predicted molar refractivity (Wildman–Crippen MR) is 600 cm³/mol. The van der Waals surface area contributed by atoms with E-state index in [0.29, 0.717) is 98.2 Å². The topological polar surface area (TPSA) is 228 Å². The minimum absolute atomic E-state index is 0.0518. The first-order valence-corrected chi connectivity index (χ1v) is 49.2. The molecule has 0 spiro atoms. The summed E-state index contributed by atoms with van der Waals surface area (Å²) in [5.41, 5.74) is 8.34. The predicted octanol–water partition coefficient (Wildman–Crippen LogP) is 28.4. The summed E-state index contributed by atoms with van der Waals surface area (Å²) in [4.78, 5) is 53.8. The van der Waals surface area contributed by atoms with E-state index < -0.39 is 52.3 Å². The van der Waals surface area contributed by atoms with E-state index in [0.717, 1.165) is 50.9 Å². The van der Waals surface area contributed by atoms with Crippen LogP contribution < -0.4 is 73.4 Å². The molecule has 0 aliphatic rings. The van der Waals surface area contributed by atoms with Gasteiger partial charge in [0.1, 0.15) is 80.0 Å². The molecule has 12 aromatic rings. The number of esters is 1. The molecule has 3 amide bonds. The van der Waals surface area contributed by atoms with Gasteiger partial charge in [-0.15, -0.1) is 0 Å². The quantitative estimate of drug-likeness (QED) is 0.0325. The van der Waals surface area contributed by atoms with Gasteiger partial charge in [-0.1, -0.05) is 143 Å². The fourth-order valence-corrected chi connectivity index (χ4v) is 14.9. The molecule has 12 aromatic carbocycles. The maximum Gasteiger partial charge on any atom is 0.407 e. The van der Waals surface area contributed by atoms with E-state index in [9.17, 15) is 28.0 Å². The number of benzene rings is 12. The van der Waals surface area contributed by atoms with E-state index in [-0.39, 0.29) is 60.5 Å². The molecular formula is C110H111Cl2F2N7O16S8. The molecule has 0 saturated carbocycles. The average molecular weight is 2150 g/mol. The van der Waals surface area contributed by atoms with Gasteiger partial charge in [0, 0.05) is 36.1 Å². The highest BCUT2D eigenvalue weighted by molar-refractivity contribution is 7.83. The molecule has 0 aromatic heterocycles. The summed E-state index contributed by atoms with van der Waals surface area (Å²) in [7, 11) is 0. The van der Waals surface area contributed by atoms with Crippen LogP contribution in [0.2, 0.25) is 10.0 Å². The zero-order valence-corrected chi connectivity index (χ0v) is 90.6. The second kappa shape index (κ2) is 55.1. The minimum atomic E-state index is -0.602. The Morgan fingerprint density at radius 1 is 0.262 bits per heavy atom. The van der Waals surface area contributed by atoms with Gasteiger partial charge >= 0.3 is 24.2 Å². The van der Waals surface area contributed by atoms with E-state index in [1.54, 1.807) is 136 Å². The first-order chi connectivity index (χ1) is 68.5. The van der Waals surface area contributed by atoms with E-state index in [1.165, 1.54) is 58.3 Å². The van der Waals surface area contributed by atoms with Crippen molar-refractivity contribution in [2.24, 2.45) is 0 Å². The Labute approximate surface area is 897 Å². The number of carbonyl (C=O) groups is 4. The largest absolute Gasteiger partial charge is 0.460 e. The van der Waals surface area contributed by atoms with Crippen molar-refractivity contribution in [2.75, 3.05) is 19.6 Å². The van der Waals surface area contributed by atoms with Gasteiger partial charge in [0.15, 0.2) is 0 Å². The van der Waals surface area contributed by atoms with Crippen LogP contribution in [0.4, 0.5) is 45.9 Å². The number of nitrogens with zero attached hydrogens (tertiary/aromatic N) is 4. The second-order valence-corrected chi connectivity index (χ2v) is 39.7. The number of rotatable bonds is 22. The van der Waals surface area contributed by atoms with E-state index in [2.05, 4.69) is 16.0 Å². The van der Waals surface area contributed by atoms with E-state index in [4.69, 9.17) is 178 Å². The third kappa shape index (κ3) is 41.7. The van der Waals surface area contributed by atoms with E-state index in [1.807, 2.05) is 227 Å². The normalized spacial score (nSPS) is 10.8. The molecule has 758 valence electrons. The summed E-state index contributed by atoms with van der Waals surface area (Å²) in [6.07, 6.45) is 0.303. The summed E-state index contributed by atoms with van der Waals surface area (Å²) in [5.74, 6) is 2.94. The number of aryl methyl sites for hydroxylation is 5. The van der Waals surface area contributed by atoms with Crippen LogP contribution in [0.15, 0.2) is 291 Å². The Morgan fingerprint density at radius 3 is 0.634 bits per heavy atom. The van der Waals surface area contributed by atoms with Gasteiger partial charge in [0.2, 0.25) is 0 Å². The molecule has 0 fully saturated rings. The lowest BCUT2D eigenvalue weighted by atomic mass is 10.1. The van der Waals surface area contributed by atoms with Gasteiger partial charge in [-0.3, -0.25) is 4.79 Å².